The highest BCUT2D eigenvalue weighted by molar-refractivity contribution is 5.93. The molecule has 1 saturated heterocycles. The first-order valence-electron chi connectivity index (χ1n) is 8.51. The Morgan fingerprint density at radius 1 is 1.27 bits per heavy atom. The Hall–Kier alpha value is -2.77. The van der Waals surface area contributed by atoms with Crippen molar-refractivity contribution in [3.63, 3.8) is 0 Å². The minimum absolute atomic E-state index is 0.00483. The number of alkyl halides is 1. The van der Waals surface area contributed by atoms with Crippen LogP contribution >= 0.6 is 0 Å². The summed E-state index contributed by atoms with van der Waals surface area (Å²) in [4.78, 5) is 30.0. The molecular weight excluding hydrogens is 335 g/mol. The number of likely N-dealkylation sites (N-methyl/N-ethyl adjacent to an activating group) is 1. The highest BCUT2D eigenvalue weighted by Crippen LogP contribution is 2.26. The maximum Gasteiger partial charge on any atom is 0.254 e. The van der Waals surface area contributed by atoms with Gasteiger partial charge in [-0.3, -0.25) is 4.79 Å². The molecule has 1 fully saturated rings. The van der Waals surface area contributed by atoms with Crippen LogP contribution in [0.25, 0.3) is 0 Å². The standard InChI is InChI=1S/C18H23FN6O/c1-23(2)18(26)13-4-5-16(21-9-13)24(3)11-15-8-14(19)10-25(15)17-6-7-20-12-22-17/h4-7,9,12,14-15H,8,10-11H2,1-3H3/t14-,15-/m0/s1. The molecule has 3 heterocycles. The smallest absolute Gasteiger partial charge is 0.254 e. The normalized spacial score (nSPS) is 19.5. The van der Waals surface area contributed by atoms with Crippen LogP contribution < -0.4 is 9.80 Å². The zero-order valence-corrected chi connectivity index (χ0v) is 15.2. The predicted molar refractivity (Wildman–Crippen MR) is 98.2 cm³/mol. The van der Waals surface area contributed by atoms with E-state index in [2.05, 4.69) is 15.0 Å². The third-order valence-corrected chi connectivity index (χ3v) is 4.50. The van der Waals surface area contributed by atoms with Gasteiger partial charge >= 0.3 is 0 Å². The third-order valence-electron chi connectivity index (χ3n) is 4.50. The van der Waals surface area contributed by atoms with Gasteiger partial charge in [0.2, 0.25) is 0 Å². The molecule has 0 aliphatic carbocycles. The van der Waals surface area contributed by atoms with Crippen molar-refractivity contribution < 1.29 is 9.18 Å². The second kappa shape index (κ2) is 7.63. The molecule has 2 aromatic heterocycles. The van der Waals surface area contributed by atoms with E-state index < -0.39 is 6.17 Å². The number of hydrogen-bond donors (Lipinski definition) is 0. The number of anilines is 2. The van der Waals surface area contributed by atoms with Crippen molar-refractivity contribution in [3.8, 4) is 0 Å². The quantitative estimate of drug-likeness (QED) is 0.809. The van der Waals surface area contributed by atoms with Gasteiger partial charge in [0.25, 0.3) is 5.91 Å². The van der Waals surface area contributed by atoms with Crippen LogP contribution in [-0.4, -0.2) is 72.2 Å². The largest absolute Gasteiger partial charge is 0.358 e. The summed E-state index contributed by atoms with van der Waals surface area (Å²) in [6.07, 6.45) is 4.28. The summed E-state index contributed by atoms with van der Waals surface area (Å²) in [5.41, 5.74) is 0.541. The Labute approximate surface area is 152 Å². The van der Waals surface area contributed by atoms with E-state index in [1.807, 2.05) is 22.9 Å². The van der Waals surface area contributed by atoms with Crippen LogP contribution in [0.1, 0.15) is 16.8 Å². The summed E-state index contributed by atoms with van der Waals surface area (Å²) < 4.78 is 14.0. The number of rotatable bonds is 5. The summed E-state index contributed by atoms with van der Waals surface area (Å²) in [7, 11) is 5.33. The van der Waals surface area contributed by atoms with Gasteiger partial charge < -0.3 is 14.7 Å². The Kier molecular flexibility index (Phi) is 5.29. The monoisotopic (exact) mass is 358 g/mol. The van der Waals surface area contributed by atoms with Crippen molar-refractivity contribution in [1.29, 1.82) is 0 Å². The Morgan fingerprint density at radius 3 is 2.69 bits per heavy atom. The number of carbonyl (C=O) groups is 1. The number of amides is 1. The summed E-state index contributed by atoms with van der Waals surface area (Å²) in [5, 5.41) is 0. The molecule has 1 amide bonds. The fraction of sp³-hybridized carbons (Fsp3) is 0.444. The minimum atomic E-state index is -0.878. The molecule has 0 unspecified atom stereocenters. The van der Waals surface area contributed by atoms with Crippen molar-refractivity contribution >= 4 is 17.5 Å². The summed E-state index contributed by atoms with van der Waals surface area (Å²) >= 11 is 0. The average Bonchev–Trinajstić information content (AvgIpc) is 3.02. The second-order valence-electron chi connectivity index (χ2n) is 6.69. The Balaban J connectivity index is 1.70. The highest BCUT2D eigenvalue weighted by atomic mass is 19.1. The number of pyridine rings is 1. The summed E-state index contributed by atoms with van der Waals surface area (Å²) in [6, 6.07) is 5.36. The second-order valence-corrected chi connectivity index (χ2v) is 6.69. The van der Waals surface area contributed by atoms with Crippen LogP contribution in [0.15, 0.2) is 36.9 Å². The zero-order chi connectivity index (χ0) is 18.7. The molecule has 3 rings (SSSR count). The van der Waals surface area contributed by atoms with Crippen LogP contribution in [0.5, 0.6) is 0 Å². The molecule has 0 radical (unpaired) electrons. The van der Waals surface area contributed by atoms with E-state index in [4.69, 9.17) is 0 Å². The SMILES string of the molecule is CN(C)C(=O)c1ccc(N(C)C[C@@H]2C[C@H](F)CN2c2ccncn2)nc1. The van der Waals surface area contributed by atoms with Gasteiger partial charge in [-0.2, -0.15) is 0 Å². The van der Waals surface area contributed by atoms with Crippen molar-refractivity contribution in [3.05, 3.63) is 42.5 Å². The number of carbonyl (C=O) groups excluding carboxylic acids is 1. The van der Waals surface area contributed by atoms with E-state index in [0.29, 0.717) is 25.1 Å². The van der Waals surface area contributed by atoms with Gasteiger partial charge in [0, 0.05) is 46.5 Å². The van der Waals surface area contributed by atoms with Crippen LogP contribution in [0.3, 0.4) is 0 Å². The van der Waals surface area contributed by atoms with Gasteiger partial charge in [-0.05, 0) is 18.2 Å². The van der Waals surface area contributed by atoms with E-state index in [9.17, 15) is 9.18 Å². The Bertz CT molecular complexity index is 739. The lowest BCUT2D eigenvalue weighted by atomic mass is 10.2. The maximum atomic E-state index is 14.0. The first-order chi connectivity index (χ1) is 12.5. The topological polar surface area (TPSA) is 65.5 Å². The Morgan fingerprint density at radius 2 is 2.08 bits per heavy atom. The first-order valence-corrected chi connectivity index (χ1v) is 8.51. The van der Waals surface area contributed by atoms with E-state index >= 15 is 0 Å². The van der Waals surface area contributed by atoms with Crippen LogP contribution in [0, 0.1) is 0 Å². The number of nitrogens with zero attached hydrogens (tertiary/aromatic N) is 6. The van der Waals surface area contributed by atoms with Gasteiger partial charge in [0.1, 0.15) is 24.1 Å². The van der Waals surface area contributed by atoms with E-state index in [0.717, 1.165) is 11.6 Å². The zero-order valence-electron chi connectivity index (χ0n) is 15.2. The van der Waals surface area contributed by atoms with Gasteiger partial charge in [0.15, 0.2) is 0 Å². The molecular formula is C18H23FN6O. The lowest BCUT2D eigenvalue weighted by Gasteiger charge is -2.29. The molecule has 2 atom stereocenters. The molecule has 0 bridgehead atoms. The fourth-order valence-electron chi connectivity index (χ4n) is 3.17. The fourth-order valence-corrected chi connectivity index (χ4v) is 3.17. The molecule has 26 heavy (non-hydrogen) atoms. The number of halogens is 1. The summed E-state index contributed by atoms with van der Waals surface area (Å²) in [6.45, 7) is 0.942. The maximum absolute atomic E-state index is 14.0. The van der Waals surface area contributed by atoms with E-state index in [-0.39, 0.29) is 11.9 Å². The number of aromatic nitrogens is 3. The van der Waals surface area contributed by atoms with Crippen LogP contribution in [0.2, 0.25) is 0 Å². The van der Waals surface area contributed by atoms with Gasteiger partial charge in [-0.15, -0.1) is 0 Å². The first kappa shape index (κ1) is 18.0. The molecule has 8 heteroatoms. The summed E-state index contributed by atoms with van der Waals surface area (Å²) in [5.74, 6) is 1.39. The molecule has 0 aromatic carbocycles. The average molecular weight is 358 g/mol. The molecule has 138 valence electrons. The number of hydrogen-bond acceptors (Lipinski definition) is 6. The molecule has 7 nitrogen and oxygen atoms in total. The van der Waals surface area contributed by atoms with Gasteiger partial charge in [-0.1, -0.05) is 0 Å². The molecule has 0 N–H and O–H groups in total. The van der Waals surface area contributed by atoms with Crippen molar-refractivity contribution in [1.82, 2.24) is 19.9 Å². The van der Waals surface area contributed by atoms with Crippen molar-refractivity contribution in [2.24, 2.45) is 0 Å². The molecule has 0 saturated carbocycles. The van der Waals surface area contributed by atoms with Crippen LogP contribution in [0.4, 0.5) is 16.0 Å². The molecule has 1 aliphatic rings. The van der Waals surface area contributed by atoms with Crippen molar-refractivity contribution in [2.75, 3.05) is 44.0 Å². The predicted octanol–water partition coefficient (Wildman–Crippen LogP) is 1.63. The van der Waals surface area contributed by atoms with Gasteiger partial charge in [-0.25, -0.2) is 19.3 Å². The molecule has 1 aliphatic heterocycles. The third kappa shape index (κ3) is 3.89. The van der Waals surface area contributed by atoms with Gasteiger partial charge in [0.05, 0.1) is 18.2 Å². The van der Waals surface area contributed by atoms with Crippen molar-refractivity contribution in [2.45, 2.75) is 18.6 Å². The van der Waals surface area contributed by atoms with E-state index in [1.54, 1.807) is 38.6 Å². The van der Waals surface area contributed by atoms with Crippen LogP contribution in [-0.2, 0) is 0 Å². The molecule has 0 spiro atoms. The highest BCUT2D eigenvalue weighted by Gasteiger charge is 2.33. The lowest BCUT2D eigenvalue weighted by Crippen LogP contribution is -2.39. The lowest BCUT2D eigenvalue weighted by molar-refractivity contribution is 0.0827. The minimum Gasteiger partial charge on any atom is -0.358 e. The van der Waals surface area contributed by atoms with E-state index in [1.165, 1.54) is 11.2 Å². The molecule has 2 aromatic rings.